The molecular weight excluding hydrogens is 216 g/mol. The summed E-state index contributed by atoms with van der Waals surface area (Å²) in [7, 11) is 2.05. The molecule has 1 saturated heterocycles. The second kappa shape index (κ2) is 5.31. The lowest BCUT2D eigenvalue weighted by Crippen LogP contribution is -2.30. The van der Waals surface area contributed by atoms with Gasteiger partial charge in [-0.25, -0.2) is 9.97 Å². The van der Waals surface area contributed by atoms with E-state index >= 15 is 0 Å². The summed E-state index contributed by atoms with van der Waals surface area (Å²) >= 11 is 0. The predicted octanol–water partition coefficient (Wildman–Crippen LogP) is 1.23. The number of hydrogen-bond acceptors (Lipinski definition) is 5. The van der Waals surface area contributed by atoms with E-state index in [1.807, 2.05) is 13.0 Å². The van der Waals surface area contributed by atoms with Crippen LogP contribution >= 0.6 is 0 Å². The highest BCUT2D eigenvalue weighted by molar-refractivity contribution is 5.46. The Morgan fingerprint density at radius 3 is 2.76 bits per heavy atom. The minimum Gasteiger partial charge on any atom is -0.384 e. The summed E-state index contributed by atoms with van der Waals surface area (Å²) in [5.74, 6) is 2.84. The van der Waals surface area contributed by atoms with Gasteiger partial charge >= 0.3 is 0 Å². The molecule has 17 heavy (non-hydrogen) atoms. The van der Waals surface area contributed by atoms with E-state index < -0.39 is 0 Å². The molecule has 1 aliphatic rings. The van der Waals surface area contributed by atoms with Crippen LogP contribution in [0, 0.1) is 12.8 Å². The second-order valence-corrected chi connectivity index (χ2v) is 4.63. The Morgan fingerprint density at radius 2 is 2.12 bits per heavy atom. The van der Waals surface area contributed by atoms with E-state index in [2.05, 4.69) is 21.9 Å². The van der Waals surface area contributed by atoms with Crippen molar-refractivity contribution in [3.8, 4) is 0 Å². The Bertz CT molecular complexity index is 357. The van der Waals surface area contributed by atoms with Crippen LogP contribution in [0.15, 0.2) is 6.07 Å². The zero-order chi connectivity index (χ0) is 12.3. The van der Waals surface area contributed by atoms with Crippen LogP contribution in [-0.2, 0) is 4.74 Å². The van der Waals surface area contributed by atoms with Crippen LogP contribution in [0.5, 0.6) is 0 Å². The first-order valence-corrected chi connectivity index (χ1v) is 6.05. The minimum atomic E-state index is 0.534. The molecule has 5 heteroatoms. The highest BCUT2D eigenvalue weighted by Gasteiger charge is 2.16. The van der Waals surface area contributed by atoms with Crippen molar-refractivity contribution in [3.63, 3.8) is 0 Å². The third-order valence-electron chi connectivity index (χ3n) is 3.11. The lowest BCUT2D eigenvalue weighted by molar-refractivity contribution is 0.0685. The zero-order valence-corrected chi connectivity index (χ0v) is 10.5. The van der Waals surface area contributed by atoms with Crippen molar-refractivity contribution < 1.29 is 4.74 Å². The maximum absolute atomic E-state index is 5.73. The number of ether oxygens (including phenoxy) is 1. The van der Waals surface area contributed by atoms with Gasteiger partial charge < -0.3 is 15.4 Å². The van der Waals surface area contributed by atoms with Crippen LogP contribution in [0.1, 0.15) is 18.7 Å². The second-order valence-electron chi connectivity index (χ2n) is 4.63. The van der Waals surface area contributed by atoms with Gasteiger partial charge in [-0.3, -0.25) is 0 Å². The molecule has 0 spiro atoms. The highest BCUT2D eigenvalue weighted by atomic mass is 16.5. The number of nitrogen functional groups attached to an aromatic ring is 1. The summed E-state index contributed by atoms with van der Waals surface area (Å²) in [6.45, 7) is 4.62. The number of aromatic nitrogens is 2. The zero-order valence-electron chi connectivity index (χ0n) is 10.5. The van der Waals surface area contributed by atoms with Gasteiger partial charge in [0.05, 0.1) is 0 Å². The van der Waals surface area contributed by atoms with Crippen molar-refractivity contribution in [2.75, 3.05) is 37.4 Å². The third kappa shape index (κ3) is 3.30. The number of aryl methyl sites for hydroxylation is 1. The Kier molecular flexibility index (Phi) is 3.78. The van der Waals surface area contributed by atoms with Gasteiger partial charge in [-0.05, 0) is 25.7 Å². The lowest BCUT2D eigenvalue weighted by atomic mass is 10.00. The van der Waals surface area contributed by atoms with Crippen molar-refractivity contribution in [1.82, 2.24) is 9.97 Å². The first kappa shape index (κ1) is 12.1. The largest absolute Gasteiger partial charge is 0.384 e. The van der Waals surface area contributed by atoms with Crippen LogP contribution in [-0.4, -0.2) is 36.8 Å². The molecule has 0 aromatic carbocycles. The van der Waals surface area contributed by atoms with E-state index in [1.54, 1.807) is 0 Å². The number of nitrogens with two attached hydrogens (primary N) is 1. The first-order chi connectivity index (χ1) is 8.15. The molecule has 0 atom stereocenters. The molecule has 1 aromatic heterocycles. The number of rotatable bonds is 3. The molecule has 2 rings (SSSR count). The molecule has 2 N–H and O–H groups in total. The predicted molar refractivity (Wildman–Crippen MR) is 68.0 cm³/mol. The quantitative estimate of drug-likeness (QED) is 0.855. The van der Waals surface area contributed by atoms with Gasteiger partial charge in [0.1, 0.15) is 17.5 Å². The average molecular weight is 236 g/mol. The summed E-state index contributed by atoms with van der Waals surface area (Å²) in [6.07, 6.45) is 2.26. The number of hydrogen-bond donors (Lipinski definition) is 1. The fourth-order valence-corrected chi connectivity index (χ4v) is 2.18. The van der Waals surface area contributed by atoms with Crippen LogP contribution in [0.4, 0.5) is 11.6 Å². The van der Waals surface area contributed by atoms with E-state index in [1.165, 1.54) is 0 Å². The Labute approximate surface area is 102 Å². The summed E-state index contributed by atoms with van der Waals surface area (Å²) in [6, 6.07) is 1.83. The molecule has 5 nitrogen and oxygen atoms in total. The fraction of sp³-hybridized carbons (Fsp3) is 0.667. The summed E-state index contributed by atoms with van der Waals surface area (Å²) in [5.41, 5.74) is 5.73. The SMILES string of the molecule is Cc1nc(N)cc(N(C)CC2CCOCC2)n1. The van der Waals surface area contributed by atoms with Crippen molar-refractivity contribution in [3.05, 3.63) is 11.9 Å². The van der Waals surface area contributed by atoms with Crippen LogP contribution in [0.3, 0.4) is 0 Å². The smallest absolute Gasteiger partial charge is 0.134 e. The molecule has 0 amide bonds. The van der Waals surface area contributed by atoms with Crippen LogP contribution < -0.4 is 10.6 Å². The molecule has 94 valence electrons. The summed E-state index contributed by atoms with van der Waals surface area (Å²) in [4.78, 5) is 10.6. The van der Waals surface area contributed by atoms with Gasteiger partial charge in [0.25, 0.3) is 0 Å². The fourth-order valence-electron chi connectivity index (χ4n) is 2.18. The van der Waals surface area contributed by atoms with E-state index in [-0.39, 0.29) is 0 Å². The van der Waals surface area contributed by atoms with Gasteiger partial charge in [-0.1, -0.05) is 0 Å². The molecule has 1 aliphatic heterocycles. The Morgan fingerprint density at radius 1 is 1.41 bits per heavy atom. The van der Waals surface area contributed by atoms with Crippen LogP contribution in [0.25, 0.3) is 0 Å². The van der Waals surface area contributed by atoms with E-state index in [0.717, 1.165) is 44.2 Å². The third-order valence-corrected chi connectivity index (χ3v) is 3.11. The molecule has 0 radical (unpaired) electrons. The lowest BCUT2D eigenvalue weighted by Gasteiger charge is -2.27. The Hall–Kier alpha value is -1.36. The van der Waals surface area contributed by atoms with Gasteiger partial charge in [-0.2, -0.15) is 0 Å². The topological polar surface area (TPSA) is 64.3 Å². The normalized spacial score (nSPS) is 17.1. The summed E-state index contributed by atoms with van der Waals surface area (Å²) in [5, 5.41) is 0. The monoisotopic (exact) mass is 236 g/mol. The van der Waals surface area contributed by atoms with E-state index in [0.29, 0.717) is 11.7 Å². The molecule has 0 aliphatic carbocycles. The molecule has 0 saturated carbocycles. The van der Waals surface area contributed by atoms with Gasteiger partial charge in [0.15, 0.2) is 0 Å². The molecular formula is C12H20N4O. The Balaban J connectivity index is 2.00. The molecule has 0 bridgehead atoms. The minimum absolute atomic E-state index is 0.534. The average Bonchev–Trinajstić information content (AvgIpc) is 2.29. The first-order valence-electron chi connectivity index (χ1n) is 6.05. The van der Waals surface area contributed by atoms with Gasteiger partial charge in [-0.15, -0.1) is 0 Å². The van der Waals surface area contributed by atoms with Crippen molar-refractivity contribution >= 4 is 11.6 Å². The molecule has 2 heterocycles. The standard InChI is InChI=1S/C12H20N4O/c1-9-14-11(13)7-12(15-9)16(2)8-10-3-5-17-6-4-10/h7,10H,3-6,8H2,1-2H3,(H2,13,14,15). The van der Waals surface area contributed by atoms with Gasteiger partial charge in [0, 0.05) is 32.9 Å². The summed E-state index contributed by atoms with van der Waals surface area (Å²) < 4.78 is 5.36. The van der Waals surface area contributed by atoms with Gasteiger partial charge in [0.2, 0.25) is 0 Å². The maximum atomic E-state index is 5.73. The van der Waals surface area contributed by atoms with E-state index in [4.69, 9.17) is 10.5 Å². The van der Waals surface area contributed by atoms with Crippen molar-refractivity contribution in [1.29, 1.82) is 0 Å². The van der Waals surface area contributed by atoms with Crippen molar-refractivity contribution in [2.24, 2.45) is 5.92 Å². The van der Waals surface area contributed by atoms with Crippen molar-refractivity contribution in [2.45, 2.75) is 19.8 Å². The molecule has 1 aromatic rings. The van der Waals surface area contributed by atoms with E-state index in [9.17, 15) is 0 Å². The molecule has 0 unspecified atom stereocenters. The van der Waals surface area contributed by atoms with Crippen LogP contribution in [0.2, 0.25) is 0 Å². The highest BCUT2D eigenvalue weighted by Crippen LogP contribution is 2.19. The maximum Gasteiger partial charge on any atom is 0.134 e. The molecule has 1 fully saturated rings. The number of anilines is 2. The number of nitrogens with zero attached hydrogens (tertiary/aromatic N) is 3.